The van der Waals surface area contributed by atoms with E-state index in [4.69, 9.17) is 0 Å². The summed E-state index contributed by atoms with van der Waals surface area (Å²) in [6.45, 7) is 0.516. The third kappa shape index (κ3) is 3.33. The van der Waals surface area contributed by atoms with Crippen LogP contribution in [0.2, 0.25) is 0 Å². The second-order valence-electron chi connectivity index (χ2n) is 4.53. The molecule has 0 aliphatic carbocycles. The summed E-state index contributed by atoms with van der Waals surface area (Å²) in [5.74, 6) is -0.167. The van der Waals surface area contributed by atoms with Crippen LogP contribution in [0.4, 0.5) is 0 Å². The van der Waals surface area contributed by atoms with Crippen LogP contribution < -0.4 is 0 Å². The molecule has 0 saturated heterocycles. The number of nitrogens with zero attached hydrogens (tertiary/aromatic N) is 1. The molecular weight excluding hydrogens is 270 g/mol. The van der Waals surface area contributed by atoms with E-state index in [1.807, 2.05) is 30.5 Å². The van der Waals surface area contributed by atoms with E-state index in [0.29, 0.717) is 12.1 Å². The van der Waals surface area contributed by atoms with Gasteiger partial charge >= 0.3 is 0 Å². The molecule has 0 saturated carbocycles. The summed E-state index contributed by atoms with van der Waals surface area (Å²) in [6.07, 6.45) is 2.03. The third-order valence-electron chi connectivity index (χ3n) is 3.06. The molecular formula is C16H17NO2S. The minimum absolute atomic E-state index is 0.0158. The Bertz CT molecular complexity index is 596. The lowest BCUT2D eigenvalue weighted by Gasteiger charge is -2.18. The molecule has 0 aromatic heterocycles. The van der Waals surface area contributed by atoms with E-state index >= 15 is 0 Å². The highest BCUT2D eigenvalue weighted by molar-refractivity contribution is 7.98. The SMILES string of the molecule is CSc1ccc(CN(C)C(=O)c2ccccc2O)cc1. The number of benzene rings is 2. The molecule has 104 valence electrons. The van der Waals surface area contributed by atoms with Crippen molar-refractivity contribution < 1.29 is 9.90 Å². The van der Waals surface area contributed by atoms with Crippen LogP contribution in [0, 0.1) is 0 Å². The van der Waals surface area contributed by atoms with Crippen LogP contribution in [0.3, 0.4) is 0 Å². The van der Waals surface area contributed by atoms with Gasteiger partial charge in [-0.05, 0) is 36.1 Å². The van der Waals surface area contributed by atoms with E-state index in [2.05, 4.69) is 0 Å². The second-order valence-corrected chi connectivity index (χ2v) is 5.41. The average molecular weight is 287 g/mol. The van der Waals surface area contributed by atoms with E-state index in [1.165, 1.54) is 11.0 Å². The minimum Gasteiger partial charge on any atom is -0.507 e. The largest absolute Gasteiger partial charge is 0.507 e. The Morgan fingerprint density at radius 3 is 2.40 bits per heavy atom. The van der Waals surface area contributed by atoms with E-state index in [-0.39, 0.29) is 11.7 Å². The van der Waals surface area contributed by atoms with Crippen LogP contribution in [-0.4, -0.2) is 29.2 Å². The van der Waals surface area contributed by atoms with E-state index in [9.17, 15) is 9.90 Å². The van der Waals surface area contributed by atoms with Gasteiger partial charge in [-0.15, -0.1) is 11.8 Å². The first-order valence-electron chi connectivity index (χ1n) is 6.28. The Kier molecular flexibility index (Phi) is 4.69. The van der Waals surface area contributed by atoms with Crippen LogP contribution in [0.5, 0.6) is 5.75 Å². The summed E-state index contributed by atoms with van der Waals surface area (Å²) in [7, 11) is 1.73. The van der Waals surface area contributed by atoms with Crippen molar-refractivity contribution in [2.45, 2.75) is 11.4 Å². The van der Waals surface area contributed by atoms with Crippen LogP contribution in [0.1, 0.15) is 15.9 Å². The van der Waals surface area contributed by atoms with Gasteiger partial charge in [-0.2, -0.15) is 0 Å². The molecule has 1 amide bonds. The molecule has 20 heavy (non-hydrogen) atoms. The predicted octanol–water partition coefficient (Wildman–Crippen LogP) is 3.39. The maximum Gasteiger partial charge on any atom is 0.257 e. The van der Waals surface area contributed by atoms with Crippen molar-refractivity contribution in [1.82, 2.24) is 4.90 Å². The van der Waals surface area contributed by atoms with E-state index in [1.54, 1.807) is 41.9 Å². The van der Waals surface area contributed by atoms with Crippen LogP contribution in [0.15, 0.2) is 53.4 Å². The molecule has 2 aromatic carbocycles. The zero-order chi connectivity index (χ0) is 14.5. The number of hydrogen-bond acceptors (Lipinski definition) is 3. The van der Waals surface area contributed by atoms with Crippen LogP contribution >= 0.6 is 11.8 Å². The van der Waals surface area contributed by atoms with Crippen molar-refractivity contribution in [3.05, 3.63) is 59.7 Å². The van der Waals surface area contributed by atoms with Gasteiger partial charge in [-0.1, -0.05) is 24.3 Å². The fourth-order valence-corrected chi connectivity index (χ4v) is 2.34. The quantitative estimate of drug-likeness (QED) is 0.876. The molecule has 3 nitrogen and oxygen atoms in total. The van der Waals surface area contributed by atoms with Crippen LogP contribution in [0.25, 0.3) is 0 Å². The number of aromatic hydroxyl groups is 1. The fraction of sp³-hybridized carbons (Fsp3) is 0.188. The fourth-order valence-electron chi connectivity index (χ4n) is 1.94. The van der Waals surface area contributed by atoms with Gasteiger partial charge in [0.2, 0.25) is 0 Å². The van der Waals surface area contributed by atoms with Crippen molar-refractivity contribution in [3.63, 3.8) is 0 Å². The molecule has 2 aromatic rings. The smallest absolute Gasteiger partial charge is 0.257 e. The number of rotatable bonds is 4. The molecule has 4 heteroatoms. The van der Waals surface area contributed by atoms with Gasteiger partial charge in [0.1, 0.15) is 5.75 Å². The molecule has 0 bridgehead atoms. The monoisotopic (exact) mass is 287 g/mol. The maximum absolute atomic E-state index is 12.3. The van der Waals surface area contributed by atoms with Gasteiger partial charge in [0, 0.05) is 18.5 Å². The average Bonchev–Trinajstić information content (AvgIpc) is 2.48. The lowest BCUT2D eigenvalue weighted by Crippen LogP contribution is -2.26. The molecule has 0 radical (unpaired) electrons. The zero-order valence-electron chi connectivity index (χ0n) is 11.5. The van der Waals surface area contributed by atoms with Crippen molar-refractivity contribution in [2.24, 2.45) is 0 Å². The summed E-state index contributed by atoms with van der Waals surface area (Å²) >= 11 is 1.69. The van der Waals surface area contributed by atoms with Gasteiger partial charge in [0.15, 0.2) is 0 Å². The molecule has 0 spiro atoms. The van der Waals surface area contributed by atoms with Crippen LogP contribution in [-0.2, 0) is 6.54 Å². The minimum atomic E-state index is -0.183. The number of hydrogen-bond donors (Lipinski definition) is 1. The molecule has 1 N–H and O–H groups in total. The Morgan fingerprint density at radius 1 is 1.15 bits per heavy atom. The summed E-state index contributed by atoms with van der Waals surface area (Å²) in [5, 5.41) is 9.71. The van der Waals surface area contributed by atoms with Crippen molar-refractivity contribution >= 4 is 17.7 Å². The topological polar surface area (TPSA) is 40.5 Å². The van der Waals surface area contributed by atoms with Gasteiger partial charge in [-0.25, -0.2) is 0 Å². The summed E-state index contributed by atoms with van der Waals surface area (Å²) in [5.41, 5.74) is 1.39. The first kappa shape index (κ1) is 14.5. The van der Waals surface area contributed by atoms with Crippen molar-refractivity contribution in [2.75, 3.05) is 13.3 Å². The van der Waals surface area contributed by atoms with Gasteiger partial charge in [0.25, 0.3) is 5.91 Å². The number of phenolic OH excluding ortho intramolecular Hbond substituents is 1. The molecule has 0 unspecified atom stereocenters. The predicted molar refractivity (Wildman–Crippen MR) is 82.1 cm³/mol. The summed E-state index contributed by atoms with van der Waals surface area (Å²) < 4.78 is 0. The molecule has 0 atom stereocenters. The molecule has 0 fully saturated rings. The number of phenols is 1. The Labute approximate surface area is 123 Å². The van der Waals surface area contributed by atoms with E-state index < -0.39 is 0 Å². The number of carbonyl (C=O) groups is 1. The maximum atomic E-state index is 12.3. The first-order chi connectivity index (χ1) is 9.61. The number of thioether (sulfide) groups is 1. The molecule has 0 aliphatic rings. The first-order valence-corrected chi connectivity index (χ1v) is 7.50. The highest BCUT2D eigenvalue weighted by atomic mass is 32.2. The van der Waals surface area contributed by atoms with Crippen molar-refractivity contribution in [1.29, 1.82) is 0 Å². The third-order valence-corrected chi connectivity index (χ3v) is 3.80. The molecule has 0 aliphatic heterocycles. The number of amides is 1. The highest BCUT2D eigenvalue weighted by Gasteiger charge is 2.15. The second kappa shape index (κ2) is 6.48. The highest BCUT2D eigenvalue weighted by Crippen LogP contribution is 2.19. The van der Waals surface area contributed by atoms with Gasteiger partial charge in [-0.3, -0.25) is 4.79 Å². The number of carbonyl (C=O) groups excluding carboxylic acids is 1. The standard InChI is InChI=1S/C16H17NO2S/c1-17(11-12-7-9-13(20-2)10-8-12)16(19)14-5-3-4-6-15(14)18/h3-10,18H,11H2,1-2H3. The normalized spacial score (nSPS) is 10.3. The summed E-state index contributed by atoms with van der Waals surface area (Å²) in [6, 6.07) is 14.7. The lowest BCUT2D eigenvalue weighted by atomic mass is 10.1. The Balaban J connectivity index is 2.09. The number of para-hydroxylation sites is 1. The molecule has 2 rings (SSSR count). The lowest BCUT2D eigenvalue weighted by molar-refractivity contribution is 0.0782. The molecule has 0 heterocycles. The van der Waals surface area contributed by atoms with Crippen molar-refractivity contribution in [3.8, 4) is 5.75 Å². The Morgan fingerprint density at radius 2 is 1.80 bits per heavy atom. The Hall–Kier alpha value is -1.94. The van der Waals surface area contributed by atoms with Gasteiger partial charge < -0.3 is 10.0 Å². The van der Waals surface area contributed by atoms with E-state index in [0.717, 1.165) is 5.56 Å². The summed E-state index contributed by atoms with van der Waals surface area (Å²) in [4.78, 5) is 15.1. The van der Waals surface area contributed by atoms with Gasteiger partial charge in [0.05, 0.1) is 5.56 Å². The zero-order valence-corrected chi connectivity index (χ0v) is 12.4.